The predicted octanol–water partition coefficient (Wildman–Crippen LogP) is 0.242. The lowest BCUT2D eigenvalue weighted by molar-refractivity contribution is 0.0506. The van der Waals surface area contributed by atoms with Gasteiger partial charge in [0.05, 0.1) is 5.60 Å². The molecule has 0 atom stereocenters. The van der Waals surface area contributed by atoms with Gasteiger partial charge < -0.3 is 10.4 Å². The van der Waals surface area contributed by atoms with E-state index in [2.05, 4.69) is 20.7 Å². The average Bonchev–Trinajstić information content (AvgIpc) is 2.87. The van der Waals surface area contributed by atoms with Crippen LogP contribution >= 0.6 is 0 Å². The van der Waals surface area contributed by atoms with E-state index >= 15 is 0 Å². The molecule has 0 bridgehead atoms. The quantitative estimate of drug-likeness (QED) is 0.704. The van der Waals surface area contributed by atoms with E-state index in [1.807, 2.05) is 0 Å². The molecule has 1 aromatic rings. The van der Waals surface area contributed by atoms with Gasteiger partial charge in [-0.25, -0.2) is 9.48 Å². The molecule has 7 heteroatoms. The third kappa shape index (κ3) is 2.94. The molecule has 1 fully saturated rings. The van der Waals surface area contributed by atoms with Crippen LogP contribution in [-0.2, 0) is 7.05 Å². The standard InChI is InChI=1S/C10H17N5O2/c1-15-8(12-7-13-15)14-9(16)11-6-10(17)4-2-3-5-10/h7,17H,2-6H2,1H3,(H2,11,12,13,14,16). The average molecular weight is 239 g/mol. The molecule has 3 N–H and O–H groups in total. The molecule has 0 radical (unpaired) electrons. The summed E-state index contributed by atoms with van der Waals surface area (Å²) in [5.74, 6) is 0.376. The van der Waals surface area contributed by atoms with Crippen molar-refractivity contribution in [1.82, 2.24) is 20.1 Å². The fourth-order valence-electron chi connectivity index (χ4n) is 2.01. The lowest BCUT2D eigenvalue weighted by Gasteiger charge is -2.22. The van der Waals surface area contributed by atoms with E-state index in [0.29, 0.717) is 5.95 Å². The summed E-state index contributed by atoms with van der Waals surface area (Å²) in [7, 11) is 1.69. The normalized spacial score (nSPS) is 18.0. The maximum absolute atomic E-state index is 11.5. The third-order valence-electron chi connectivity index (χ3n) is 3.05. The first kappa shape index (κ1) is 11.8. The highest BCUT2D eigenvalue weighted by Crippen LogP contribution is 2.28. The monoisotopic (exact) mass is 239 g/mol. The first-order valence-electron chi connectivity index (χ1n) is 5.70. The number of carbonyl (C=O) groups excluding carboxylic acids is 1. The molecule has 1 heterocycles. The number of aryl methyl sites for hydroxylation is 1. The summed E-state index contributed by atoms with van der Waals surface area (Å²) >= 11 is 0. The number of anilines is 1. The highest BCUT2D eigenvalue weighted by atomic mass is 16.3. The lowest BCUT2D eigenvalue weighted by atomic mass is 10.0. The second-order valence-electron chi connectivity index (χ2n) is 4.45. The van der Waals surface area contributed by atoms with E-state index in [1.54, 1.807) is 7.05 Å². The van der Waals surface area contributed by atoms with Crippen LogP contribution in [0.15, 0.2) is 6.33 Å². The van der Waals surface area contributed by atoms with Crippen molar-refractivity contribution in [3.05, 3.63) is 6.33 Å². The van der Waals surface area contributed by atoms with E-state index in [1.165, 1.54) is 11.0 Å². The van der Waals surface area contributed by atoms with Gasteiger partial charge >= 0.3 is 6.03 Å². The summed E-state index contributed by atoms with van der Waals surface area (Å²) in [5, 5.41) is 19.1. The van der Waals surface area contributed by atoms with Gasteiger partial charge in [0.2, 0.25) is 5.95 Å². The van der Waals surface area contributed by atoms with Crippen molar-refractivity contribution in [1.29, 1.82) is 0 Å². The van der Waals surface area contributed by atoms with Crippen molar-refractivity contribution in [2.45, 2.75) is 31.3 Å². The molecule has 1 aliphatic carbocycles. The highest BCUT2D eigenvalue weighted by molar-refractivity contribution is 5.87. The molecule has 1 saturated carbocycles. The Kier molecular flexibility index (Phi) is 3.28. The van der Waals surface area contributed by atoms with Crippen molar-refractivity contribution in [2.75, 3.05) is 11.9 Å². The van der Waals surface area contributed by atoms with Crippen LogP contribution in [0.2, 0.25) is 0 Å². The number of aliphatic hydroxyl groups is 1. The maximum Gasteiger partial charge on any atom is 0.321 e. The van der Waals surface area contributed by atoms with Gasteiger partial charge in [-0.3, -0.25) is 5.32 Å². The number of aromatic nitrogens is 3. The molecule has 1 aliphatic rings. The van der Waals surface area contributed by atoms with Gasteiger partial charge in [-0.1, -0.05) is 12.8 Å². The van der Waals surface area contributed by atoms with Crippen LogP contribution in [0, 0.1) is 0 Å². The minimum Gasteiger partial charge on any atom is -0.388 e. The Hall–Kier alpha value is -1.63. The number of hydrogen-bond acceptors (Lipinski definition) is 4. The Morgan fingerprint density at radius 3 is 2.88 bits per heavy atom. The smallest absolute Gasteiger partial charge is 0.321 e. The van der Waals surface area contributed by atoms with Crippen LogP contribution in [0.25, 0.3) is 0 Å². The molecule has 0 spiro atoms. The molecule has 0 unspecified atom stereocenters. The number of hydrogen-bond donors (Lipinski definition) is 3. The molecule has 1 aromatic heterocycles. The number of amides is 2. The first-order valence-corrected chi connectivity index (χ1v) is 5.70. The van der Waals surface area contributed by atoms with Crippen LogP contribution < -0.4 is 10.6 Å². The number of carbonyl (C=O) groups is 1. The molecule has 0 saturated heterocycles. The van der Waals surface area contributed by atoms with Gasteiger partial charge in [0.25, 0.3) is 0 Å². The Bertz CT molecular complexity index is 397. The number of rotatable bonds is 3. The summed E-state index contributed by atoms with van der Waals surface area (Å²) in [6, 6.07) is -0.374. The van der Waals surface area contributed by atoms with E-state index in [0.717, 1.165) is 25.7 Å². The zero-order chi connectivity index (χ0) is 12.3. The zero-order valence-electron chi connectivity index (χ0n) is 9.81. The van der Waals surface area contributed by atoms with Crippen molar-refractivity contribution >= 4 is 12.0 Å². The molecule has 0 aromatic carbocycles. The Morgan fingerprint density at radius 1 is 1.59 bits per heavy atom. The Morgan fingerprint density at radius 2 is 2.29 bits per heavy atom. The maximum atomic E-state index is 11.5. The van der Waals surface area contributed by atoms with E-state index in [9.17, 15) is 9.90 Å². The summed E-state index contributed by atoms with van der Waals surface area (Å²) in [4.78, 5) is 15.4. The molecule has 7 nitrogen and oxygen atoms in total. The minimum atomic E-state index is -0.739. The zero-order valence-corrected chi connectivity index (χ0v) is 9.81. The minimum absolute atomic E-state index is 0.274. The van der Waals surface area contributed by atoms with Gasteiger partial charge in [0, 0.05) is 13.6 Å². The van der Waals surface area contributed by atoms with E-state index < -0.39 is 5.60 Å². The SMILES string of the molecule is Cn1ncnc1NC(=O)NCC1(O)CCCC1. The molecular formula is C10H17N5O2. The largest absolute Gasteiger partial charge is 0.388 e. The Labute approximate surface area is 99.2 Å². The fourth-order valence-corrected chi connectivity index (χ4v) is 2.01. The molecular weight excluding hydrogens is 222 g/mol. The summed E-state index contributed by atoms with van der Waals surface area (Å²) in [6.07, 6.45) is 4.89. The van der Waals surface area contributed by atoms with Gasteiger partial charge in [-0.2, -0.15) is 10.1 Å². The third-order valence-corrected chi connectivity index (χ3v) is 3.05. The second kappa shape index (κ2) is 4.70. The summed E-state index contributed by atoms with van der Waals surface area (Å²) in [6.45, 7) is 0.274. The van der Waals surface area contributed by atoms with Crippen LogP contribution in [0.5, 0.6) is 0 Å². The van der Waals surface area contributed by atoms with Gasteiger partial charge in [-0.05, 0) is 12.8 Å². The topological polar surface area (TPSA) is 92.1 Å². The van der Waals surface area contributed by atoms with Crippen molar-refractivity contribution < 1.29 is 9.90 Å². The molecule has 17 heavy (non-hydrogen) atoms. The lowest BCUT2D eigenvalue weighted by Crippen LogP contribution is -2.42. The highest BCUT2D eigenvalue weighted by Gasteiger charge is 2.31. The van der Waals surface area contributed by atoms with Crippen LogP contribution in [0.1, 0.15) is 25.7 Å². The van der Waals surface area contributed by atoms with Crippen LogP contribution in [0.3, 0.4) is 0 Å². The predicted molar refractivity (Wildman–Crippen MR) is 61.4 cm³/mol. The van der Waals surface area contributed by atoms with Gasteiger partial charge in [-0.15, -0.1) is 0 Å². The van der Waals surface area contributed by atoms with E-state index in [4.69, 9.17) is 0 Å². The summed E-state index contributed by atoms with van der Waals surface area (Å²) < 4.78 is 1.46. The molecule has 94 valence electrons. The van der Waals surface area contributed by atoms with Crippen LogP contribution in [-0.4, -0.2) is 38.0 Å². The van der Waals surface area contributed by atoms with Crippen molar-refractivity contribution in [2.24, 2.45) is 7.05 Å². The van der Waals surface area contributed by atoms with Crippen LogP contribution in [0.4, 0.5) is 10.7 Å². The molecule has 0 aliphatic heterocycles. The second-order valence-corrected chi connectivity index (χ2v) is 4.45. The number of nitrogens with one attached hydrogen (secondary N) is 2. The molecule has 2 rings (SSSR count). The van der Waals surface area contributed by atoms with E-state index in [-0.39, 0.29) is 12.6 Å². The summed E-state index contributed by atoms with van der Waals surface area (Å²) in [5.41, 5.74) is -0.739. The molecule has 2 amide bonds. The fraction of sp³-hybridized carbons (Fsp3) is 0.700. The number of urea groups is 1. The number of nitrogens with zero attached hydrogens (tertiary/aromatic N) is 3. The van der Waals surface area contributed by atoms with Gasteiger partial charge in [0.15, 0.2) is 0 Å². The first-order chi connectivity index (χ1) is 8.09. The van der Waals surface area contributed by atoms with Crippen molar-refractivity contribution in [3.63, 3.8) is 0 Å². The van der Waals surface area contributed by atoms with Gasteiger partial charge in [0.1, 0.15) is 6.33 Å². The van der Waals surface area contributed by atoms with Crippen molar-refractivity contribution in [3.8, 4) is 0 Å². The Balaban J connectivity index is 1.80.